The second-order valence-corrected chi connectivity index (χ2v) is 6.81. The first kappa shape index (κ1) is 14.8. The first-order chi connectivity index (χ1) is 10.3. The molecular weight excluding hydrogens is 258 g/mol. The van der Waals surface area contributed by atoms with Gasteiger partial charge in [0.2, 0.25) is 0 Å². The Morgan fingerprint density at radius 3 is 2.67 bits per heavy atom. The van der Waals surface area contributed by atoms with Crippen molar-refractivity contribution in [2.75, 3.05) is 26.2 Å². The minimum atomic E-state index is 0.382. The SMILES string of the molecule is OC[C@@H]1CCC[N@+]2(C/C=C/c3ccccc3)CCCC[C@H]12. The van der Waals surface area contributed by atoms with Crippen molar-refractivity contribution in [2.24, 2.45) is 5.92 Å². The fraction of sp³-hybridized carbons (Fsp3) is 0.579. The molecule has 0 unspecified atom stereocenters. The van der Waals surface area contributed by atoms with Crippen LogP contribution in [0.2, 0.25) is 0 Å². The first-order valence-electron chi connectivity index (χ1n) is 8.52. The molecule has 3 atom stereocenters. The molecule has 3 rings (SSSR count). The highest BCUT2D eigenvalue weighted by molar-refractivity contribution is 5.48. The van der Waals surface area contributed by atoms with Gasteiger partial charge < -0.3 is 9.59 Å². The van der Waals surface area contributed by atoms with Crippen molar-refractivity contribution in [3.8, 4) is 0 Å². The van der Waals surface area contributed by atoms with Gasteiger partial charge in [0, 0.05) is 12.3 Å². The van der Waals surface area contributed by atoms with E-state index in [4.69, 9.17) is 0 Å². The number of piperidine rings is 2. The Morgan fingerprint density at radius 1 is 1.05 bits per heavy atom. The van der Waals surface area contributed by atoms with Crippen LogP contribution in [-0.2, 0) is 0 Å². The van der Waals surface area contributed by atoms with Crippen molar-refractivity contribution in [2.45, 2.75) is 38.1 Å². The zero-order valence-corrected chi connectivity index (χ0v) is 13.0. The minimum Gasteiger partial charge on any atom is -0.396 e. The molecule has 0 saturated carbocycles. The van der Waals surface area contributed by atoms with Gasteiger partial charge in [-0.05, 0) is 37.3 Å². The van der Waals surface area contributed by atoms with Crippen LogP contribution in [0.15, 0.2) is 36.4 Å². The minimum absolute atomic E-state index is 0.382. The van der Waals surface area contributed by atoms with Crippen LogP contribution >= 0.6 is 0 Å². The summed E-state index contributed by atoms with van der Waals surface area (Å²) in [4.78, 5) is 0. The number of nitrogens with zero attached hydrogens (tertiary/aromatic N) is 1. The van der Waals surface area contributed by atoms with Gasteiger partial charge in [-0.15, -0.1) is 0 Å². The Balaban J connectivity index is 1.72. The molecule has 1 N–H and O–H groups in total. The Morgan fingerprint density at radius 2 is 1.86 bits per heavy atom. The van der Waals surface area contributed by atoms with Crippen LogP contribution in [0.4, 0.5) is 0 Å². The summed E-state index contributed by atoms with van der Waals surface area (Å²) < 4.78 is 1.23. The standard InChI is InChI=1S/C19H28NO/c21-16-18-11-7-15-20(13-5-4-12-19(18)20)14-6-10-17-8-2-1-3-9-17/h1-3,6,8-10,18-19,21H,4-5,7,11-16H2/q+1/b10-6+/t18-,19+,20+/m0/s1. The Hall–Kier alpha value is -1.12. The van der Waals surface area contributed by atoms with E-state index in [0.29, 0.717) is 18.6 Å². The molecule has 2 nitrogen and oxygen atoms in total. The number of aliphatic hydroxyl groups is 1. The molecule has 0 bridgehead atoms. The van der Waals surface area contributed by atoms with Crippen molar-refractivity contribution in [3.63, 3.8) is 0 Å². The first-order valence-corrected chi connectivity index (χ1v) is 8.52. The second-order valence-electron chi connectivity index (χ2n) is 6.81. The molecule has 21 heavy (non-hydrogen) atoms. The van der Waals surface area contributed by atoms with E-state index in [1.165, 1.54) is 55.2 Å². The van der Waals surface area contributed by atoms with Crippen molar-refractivity contribution < 1.29 is 9.59 Å². The van der Waals surface area contributed by atoms with E-state index in [1.807, 2.05) is 0 Å². The lowest BCUT2D eigenvalue weighted by Crippen LogP contribution is -2.63. The average Bonchev–Trinajstić information content (AvgIpc) is 2.55. The van der Waals surface area contributed by atoms with Gasteiger partial charge in [0.15, 0.2) is 0 Å². The number of fused-ring (bicyclic) bond motifs is 1. The highest BCUT2D eigenvalue weighted by Crippen LogP contribution is 2.37. The van der Waals surface area contributed by atoms with Crippen molar-refractivity contribution in [1.29, 1.82) is 0 Å². The highest BCUT2D eigenvalue weighted by Gasteiger charge is 2.45. The molecule has 1 aromatic rings. The van der Waals surface area contributed by atoms with Crippen LogP contribution in [0.1, 0.15) is 37.7 Å². The maximum absolute atomic E-state index is 9.72. The summed E-state index contributed by atoms with van der Waals surface area (Å²) in [7, 11) is 0. The van der Waals surface area contributed by atoms with E-state index in [-0.39, 0.29) is 0 Å². The second kappa shape index (κ2) is 6.76. The summed E-state index contributed by atoms with van der Waals surface area (Å²) >= 11 is 0. The Bertz CT molecular complexity index is 466. The zero-order chi connectivity index (χ0) is 14.5. The molecule has 0 aliphatic carbocycles. The smallest absolute Gasteiger partial charge is 0.0979 e. The summed E-state index contributed by atoms with van der Waals surface area (Å²) in [6.07, 6.45) is 11.2. The van der Waals surface area contributed by atoms with Crippen molar-refractivity contribution >= 4 is 6.08 Å². The largest absolute Gasteiger partial charge is 0.396 e. The van der Waals surface area contributed by atoms with E-state index in [0.717, 1.165) is 6.54 Å². The molecule has 2 aliphatic rings. The van der Waals surface area contributed by atoms with Crippen LogP contribution in [0, 0.1) is 5.92 Å². The third-order valence-electron chi connectivity index (χ3n) is 5.59. The van der Waals surface area contributed by atoms with Gasteiger partial charge in [-0.3, -0.25) is 0 Å². The van der Waals surface area contributed by atoms with Gasteiger partial charge in [0.25, 0.3) is 0 Å². The topological polar surface area (TPSA) is 20.2 Å². The summed E-state index contributed by atoms with van der Waals surface area (Å²) in [5.74, 6) is 0.532. The van der Waals surface area contributed by atoms with E-state index in [2.05, 4.69) is 42.5 Å². The molecule has 2 saturated heterocycles. The summed E-state index contributed by atoms with van der Waals surface area (Å²) in [5.41, 5.74) is 1.29. The Labute approximate surface area is 128 Å². The molecule has 2 heteroatoms. The maximum Gasteiger partial charge on any atom is 0.0979 e. The molecule has 0 aromatic heterocycles. The zero-order valence-electron chi connectivity index (χ0n) is 13.0. The normalized spacial score (nSPS) is 33.0. The fourth-order valence-electron chi connectivity index (χ4n) is 4.53. The Kier molecular flexibility index (Phi) is 4.77. The molecule has 0 spiro atoms. The third kappa shape index (κ3) is 3.22. The highest BCUT2D eigenvalue weighted by atomic mass is 16.3. The quantitative estimate of drug-likeness (QED) is 0.840. The van der Waals surface area contributed by atoms with E-state index in [9.17, 15) is 5.11 Å². The van der Waals surface area contributed by atoms with E-state index in [1.54, 1.807) is 0 Å². The number of rotatable bonds is 4. The molecule has 114 valence electrons. The summed E-state index contributed by atoms with van der Waals surface area (Å²) in [5, 5.41) is 9.72. The van der Waals surface area contributed by atoms with Gasteiger partial charge in [-0.1, -0.05) is 36.4 Å². The molecule has 2 heterocycles. The van der Waals surface area contributed by atoms with Crippen LogP contribution in [0.5, 0.6) is 0 Å². The van der Waals surface area contributed by atoms with Gasteiger partial charge in [0.05, 0.1) is 32.3 Å². The van der Waals surface area contributed by atoms with E-state index >= 15 is 0 Å². The average molecular weight is 286 g/mol. The van der Waals surface area contributed by atoms with Crippen LogP contribution in [0.3, 0.4) is 0 Å². The fourth-order valence-corrected chi connectivity index (χ4v) is 4.53. The van der Waals surface area contributed by atoms with Gasteiger partial charge in [-0.25, -0.2) is 0 Å². The van der Waals surface area contributed by atoms with Crippen LogP contribution in [-0.4, -0.2) is 41.9 Å². The lowest BCUT2D eigenvalue weighted by Gasteiger charge is -2.53. The van der Waals surface area contributed by atoms with Crippen LogP contribution < -0.4 is 0 Å². The van der Waals surface area contributed by atoms with Crippen molar-refractivity contribution in [1.82, 2.24) is 0 Å². The molecule has 1 aromatic carbocycles. The summed E-state index contributed by atoms with van der Waals surface area (Å²) in [6.45, 7) is 4.13. The molecule has 0 radical (unpaired) electrons. The van der Waals surface area contributed by atoms with Crippen molar-refractivity contribution in [3.05, 3.63) is 42.0 Å². The number of benzene rings is 1. The molecular formula is C19H28NO+. The molecule has 2 aliphatic heterocycles. The van der Waals surface area contributed by atoms with E-state index < -0.39 is 0 Å². The number of aliphatic hydroxyl groups excluding tert-OH is 1. The molecule has 2 fully saturated rings. The lowest BCUT2D eigenvalue weighted by atomic mass is 9.81. The predicted molar refractivity (Wildman–Crippen MR) is 87.8 cm³/mol. The monoisotopic (exact) mass is 286 g/mol. The van der Waals surface area contributed by atoms with Gasteiger partial charge in [-0.2, -0.15) is 0 Å². The summed E-state index contributed by atoms with van der Waals surface area (Å²) in [6, 6.07) is 11.3. The number of hydrogen-bond acceptors (Lipinski definition) is 1. The predicted octanol–water partition coefficient (Wildman–Crippen LogP) is 3.47. The number of hydrogen-bond donors (Lipinski definition) is 1. The maximum atomic E-state index is 9.72. The lowest BCUT2D eigenvalue weighted by molar-refractivity contribution is -0.959. The van der Waals surface area contributed by atoms with Gasteiger partial charge >= 0.3 is 0 Å². The van der Waals surface area contributed by atoms with Gasteiger partial charge in [0.1, 0.15) is 0 Å². The third-order valence-corrected chi connectivity index (χ3v) is 5.59. The van der Waals surface area contributed by atoms with Crippen LogP contribution in [0.25, 0.3) is 6.08 Å². The molecule has 0 amide bonds. The number of quaternary nitrogens is 1.